The summed E-state index contributed by atoms with van der Waals surface area (Å²) in [5.41, 5.74) is 7.95. The van der Waals surface area contributed by atoms with Gasteiger partial charge in [-0.25, -0.2) is 4.98 Å². The standard InChI is InChI=1S/C16H15ClN4O/c1-22-13-5-3-2-4-12(13)15-19-16(21-20-15)14(18)10-6-8-11(17)9-7-10/h2-9,14H,18H2,1H3,(H,19,20,21)/t14-/m0/s1. The summed E-state index contributed by atoms with van der Waals surface area (Å²) in [4.78, 5) is 4.48. The average molecular weight is 315 g/mol. The first kappa shape index (κ1) is 14.6. The Hall–Kier alpha value is -2.37. The highest BCUT2D eigenvalue weighted by atomic mass is 35.5. The third-order valence-corrected chi connectivity index (χ3v) is 3.63. The molecule has 0 aliphatic rings. The summed E-state index contributed by atoms with van der Waals surface area (Å²) in [5, 5.41) is 7.80. The third-order valence-electron chi connectivity index (χ3n) is 3.37. The molecule has 22 heavy (non-hydrogen) atoms. The van der Waals surface area contributed by atoms with Gasteiger partial charge in [0.15, 0.2) is 5.82 Å². The van der Waals surface area contributed by atoms with E-state index in [2.05, 4.69) is 15.2 Å². The molecular formula is C16H15ClN4O. The summed E-state index contributed by atoms with van der Waals surface area (Å²) in [7, 11) is 1.62. The highest BCUT2D eigenvalue weighted by Crippen LogP contribution is 2.28. The molecule has 1 heterocycles. The molecule has 3 aromatic rings. The molecule has 0 aliphatic carbocycles. The van der Waals surface area contributed by atoms with Gasteiger partial charge in [-0.2, -0.15) is 5.10 Å². The van der Waals surface area contributed by atoms with Crippen molar-refractivity contribution in [3.63, 3.8) is 0 Å². The smallest absolute Gasteiger partial charge is 0.184 e. The SMILES string of the molecule is COc1ccccc1-c1n[nH]c([C@@H](N)c2ccc(Cl)cc2)n1. The van der Waals surface area contributed by atoms with Crippen LogP contribution in [0.1, 0.15) is 17.4 Å². The molecule has 5 nitrogen and oxygen atoms in total. The van der Waals surface area contributed by atoms with Gasteiger partial charge < -0.3 is 10.5 Å². The number of para-hydroxylation sites is 1. The van der Waals surface area contributed by atoms with E-state index in [0.29, 0.717) is 22.4 Å². The first-order chi connectivity index (χ1) is 10.7. The normalized spacial score (nSPS) is 12.1. The second-order valence-corrected chi connectivity index (χ2v) is 5.21. The van der Waals surface area contributed by atoms with Crippen molar-refractivity contribution in [3.05, 3.63) is 64.9 Å². The zero-order valence-corrected chi connectivity index (χ0v) is 12.7. The zero-order chi connectivity index (χ0) is 15.5. The van der Waals surface area contributed by atoms with E-state index < -0.39 is 6.04 Å². The molecule has 0 amide bonds. The number of nitrogens with one attached hydrogen (secondary N) is 1. The van der Waals surface area contributed by atoms with Crippen molar-refractivity contribution in [1.82, 2.24) is 15.2 Å². The maximum atomic E-state index is 6.22. The van der Waals surface area contributed by atoms with Crippen LogP contribution < -0.4 is 10.5 Å². The number of ether oxygens (including phenoxy) is 1. The Morgan fingerprint density at radius 1 is 1.14 bits per heavy atom. The first-order valence-electron chi connectivity index (χ1n) is 6.76. The van der Waals surface area contributed by atoms with Gasteiger partial charge in [-0.05, 0) is 29.8 Å². The Morgan fingerprint density at radius 2 is 1.86 bits per heavy atom. The van der Waals surface area contributed by atoms with Gasteiger partial charge in [0.25, 0.3) is 0 Å². The van der Waals surface area contributed by atoms with Crippen molar-refractivity contribution in [2.75, 3.05) is 7.11 Å². The van der Waals surface area contributed by atoms with Gasteiger partial charge in [0, 0.05) is 5.02 Å². The monoisotopic (exact) mass is 314 g/mol. The molecule has 0 spiro atoms. The average Bonchev–Trinajstić information content (AvgIpc) is 3.04. The number of hydrogen-bond donors (Lipinski definition) is 2. The summed E-state index contributed by atoms with van der Waals surface area (Å²) in [6.45, 7) is 0. The maximum absolute atomic E-state index is 6.22. The Labute approximate surface area is 133 Å². The number of hydrogen-bond acceptors (Lipinski definition) is 4. The summed E-state index contributed by atoms with van der Waals surface area (Å²) >= 11 is 5.89. The number of aromatic amines is 1. The molecule has 0 fully saturated rings. The van der Waals surface area contributed by atoms with E-state index in [1.807, 2.05) is 36.4 Å². The molecule has 0 bridgehead atoms. The van der Waals surface area contributed by atoms with Gasteiger partial charge >= 0.3 is 0 Å². The van der Waals surface area contributed by atoms with Crippen LogP contribution in [0.3, 0.4) is 0 Å². The number of nitrogens with two attached hydrogens (primary N) is 1. The second-order valence-electron chi connectivity index (χ2n) is 4.77. The van der Waals surface area contributed by atoms with Crippen LogP contribution in [0.25, 0.3) is 11.4 Å². The van der Waals surface area contributed by atoms with Gasteiger partial charge in [-0.1, -0.05) is 35.9 Å². The van der Waals surface area contributed by atoms with Crippen LogP contribution in [0.5, 0.6) is 5.75 Å². The van der Waals surface area contributed by atoms with Crippen molar-refractivity contribution in [3.8, 4) is 17.1 Å². The lowest BCUT2D eigenvalue weighted by molar-refractivity contribution is 0.416. The summed E-state index contributed by atoms with van der Waals surface area (Å²) < 4.78 is 5.33. The van der Waals surface area contributed by atoms with Crippen molar-refractivity contribution < 1.29 is 4.74 Å². The molecule has 6 heteroatoms. The van der Waals surface area contributed by atoms with E-state index in [1.54, 1.807) is 19.2 Å². The molecule has 3 rings (SSSR count). The number of halogens is 1. The van der Waals surface area contributed by atoms with Crippen molar-refractivity contribution in [2.24, 2.45) is 5.73 Å². The zero-order valence-electron chi connectivity index (χ0n) is 12.0. The van der Waals surface area contributed by atoms with Gasteiger partial charge in [0.1, 0.15) is 11.6 Å². The van der Waals surface area contributed by atoms with Crippen LogP contribution in [-0.2, 0) is 0 Å². The number of methoxy groups -OCH3 is 1. The van der Waals surface area contributed by atoms with E-state index in [4.69, 9.17) is 22.1 Å². The molecule has 0 unspecified atom stereocenters. The van der Waals surface area contributed by atoms with Gasteiger partial charge in [-0.15, -0.1) is 0 Å². The Bertz CT molecular complexity index is 770. The van der Waals surface area contributed by atoms with Gasteiger partial charge in [0.2, 0.25) is 0 Å². The van der Waals surface area contributed by atoms with Crippen LogP contribution >= 0.6 is 11.6 Å². The lowest BCUT2D eigenvalue weighted by atomic mass is 10.1. The van der Waals surface area contributed by atoms with E-state index in [-0.39, 0.29) is 0 Å². The number of rotatable bonds is 4. The Balaban J connectivity index is 1.92. The van der Waals surface area contributed by atoms with E-state index in [1.165, 1.54) is 0 Å². The molecule has 112 valence electrons. The van der Waals surface area contributed by atoms with Crippen LogP contribution in [0.4, 0.5) is 0 Å². The molecule has 0 aliphatic heterocycles. The van der Waals surface area contributed by atoms with Crippen LogP contribution in [0.15, 0.2) is 48.5 Å². The molecular weight excluding hydrogens is 300 g/mol. The fourth-order valence-electron chi connectivity index (χ4n) is 2.19. The summed E-state index contributed by atoms with van der Waals surface area (Å²) in [6.07, 6.45) is 0. The molecule has 2 aromatic carbocycles. The Kier molecular flexibility index (Phi) is 4.09. The molecule has 1 atom stereocenters. The minimum Gasteiger partial charge on any atom is -0.496 e. The fourth-order valence-corrected chi connectivity index (χ4v) is 2.32. The summed E-state index contributed by atoms with van der Waals surface area (Å²) in [5.74, 6) is 1.85. The van der Waals surface area contributed by atoms with Crippen LogP contribution in [0, 0.1) is 0 Å². The predicted octanol–water partition coefficient (Wildman–Crippen LogP) is 3.18. The third kappa shape index (κ3) is 2.81. The maximum Gasteiger partial charge on any atom is 0.184 e. The van der Waals surface area contributed by atoms with Gasteiger partial charge in [-0.3, -0.25) is 5.10 Å². The van der Waals surface area contributed by atoms with Crippen LogP contribution in [0.2, 0.25) is 5.02 Å². The van der Waals surface area contributed by atoms with E-state index in [0.717, 1.165) is 11.1 Å². The second kappa shape index (κ2) is 6.17. The predicted molar refractivity (Wildman–Crippen MR) is 85.9 cm³/mol. The van der Waals surface area contributed by atoms with Crippen molar-refractivity contribution in [2.45, 2.75) is 6.04 Å². The highest BCUT2D eigenvalue weighted by Gasteiger charge is 2.16. The Morgan fingerprint density at radius 3 is 2.59 bits per heavy atom. The summed E-state index contributed by atoms with van der Waals surface area (Å²) in [6, 6.07) is 14.5. The fraction of sp³-hybridized carbons (Fsp3) is 0.125. The topological polar surface area (TPSA) is 76.8 Å². The minimum absolute atomic E-state index is 0.395. The number of H-pyrrole nitrogens is 1. The lowest BCUT2D eigenvalue weighted by Crippen LogP contribution is -2.13. The number of benzene rings is 2. The molecule has 0 radical (unpaired) electrons. The van der Waals surface area contributed by atoms with Gasteiger partial charge in [0.05, 0.1) is 18.7 Å². The van der Waals surface area contributed by atoms with Crippen molar-refractivity contribution >= 4 is 11.6 Å². The van der Waals surface area contributed by atoms with Crippen molar-refractivity contribution in [1.29, 1.82) is 0 Å². The first-order valence-corrected chi connectivity index (χ1v) is 7.13. The van der Waals surface area contributed by atoms with E-state index >= 15 is 0 Å². The van der Waals surface area contributed by atoms with E-state index in [9.17, 15) is 0 Å². The molecule has 0 saturated heterocycles. The van der Waals surface area contributed by atoms with Crippen LogP contribution in [-0.4, -0.2) is 22.3 Å². The number of nitrogens with zero attached hydrogens (tertiary/aromatic N) is 2. The molecule has 3 N–H and O–H groups in total. The highest BCUT2D eigenvalue weighted by molar-refractivity contribution is 6.30. The quantitative estimate of drug-likeness (QED) is 0.775. The molecule has 1 aromatic heterocycles. The largest absolute Gasteiger partial charge is 0.496 e. The minimum atomic E-state index is -0.395. The molecule has 0 saturated carbocycles. The lowest BCUT2D eigenvalue weighted by Gasteiger charge is -2.08. The number of aromatic nitrogens is 3.